The smallest absolute Gasteiger partial charge is 0.254 e. The van der Waals surface area contributed by atoms with Crippen LogP contribution in [-0.4, -0.2) is 23.4 Å². The van der Waals surface area contributed by atoms with Crippen LogP contribution in [0.5, 0.6) is 0 Å². The molecule has 0 spiro atoms. The molecule has 1 amide bonds. The molecule has 4 rings (SSSR count). The highest BCUT2D eigenvalue weighted by atomic mass is 35.5. The van der Waals surface area contributed by atoms with E-state index in [4.69, 9.17) is 17.3 Å². The first-order valence-corrected chi connectivity index (χ1v) is 9.36. The van der Waals surface area contributed by atoms with Crippen LogP contribution in [0.15, 0.2) is 48.5 Å². The van der Waals surface area contributed by atoms with Gasteiger partial charge in [-0.2, -0.15) is 0 Å². The normalized spacial score (nSPS) is 25.9. The third-order valence-electron chi connectivity index (χ3n) is 6.03. The Hall–Kier alpha value is -1.84. The summed E-state index contributed by atoms with van der Waals surface area (Å²) in [6, 6.07) is 16.3. The molecular formula is C21H23ClN2O. The van der Waals surface area contributed by atoms with Crippen molar-refractivity contribution in [2.75, 3.05) is 6.54 Å². The molecule has 1 saturated carbocycles. The van der Waals surface area contributed by atoms with Crippen molar-refractivity contribution < 1.29 is 4.79 Å². The third kappa shape index (κ3) is 2.86. The Kier molecular flexibility index (Phi) is 4.30. The van der Waals surface area contributed by atoms with Crippen molar-refractivity contribution in [1.29, 1.82) is 0 Å². The predicted octanol–water partition coefficient (Wildman–Crippen LogP) is 4.14. The summed E-state index contributed by atoms with van der Waals surface area (Å²) >= 11 is 6.19. The zero-order valence-electron chi connectivity index (χ0n) is 14.2. The van der Waals surface area contributed by atoms with Crippen LogP contribution < -0.4 is 5.73 Å². The number of benzene rings is 2. The van der Waals surface area contributed by atoms with Crippen LogP contribution >= 0.6 is 11.6 Å². The van der Waals surface area contributed by atoms with Crippen LogP contribution in [0, 0.1) is 0 Å². The maximum absolute atomic E-state index is 12.7. The largest absolute Gasteiger partial charge is 0.331 e. The van der Waals surface area contributed by atoms with Crippen LogP contribution in [-0.2, 0) is 12.0 Å². The van der Waals surface area contributed by atoms with Gasteiger partial charge >= 0.3 is 0 Å². The van der Waals surface area contributed by atoms with E-state index in [0.717, 1.165) is 48.4 Å². The SMILES string of the molecule is NC[C@]1(c2cccc(Cl)c2)CC[C@@H](N2Cc3ccccc3C2=O)CC1. The van der Waals surface area contributed by atoms with Gasteiger partial charge in [-0.05, 0) is 55.0 Å². The minimum Gasteiger partial charge on any atom is -0.331 e. The molecule has 0 aromatic heterocycles. The maximum atomic E-state index is 12.7. The first-order chi connectivity index (χ1) is 12.1. The number of halogens is 1. The molecule has 0 radical (unpaired) electrons. The summed E-state index contributed by atoms with van der Waals surface area (Å²) in [5.74, 6) is 0.184. The number of rotatable bonds is 3. The molecule has 0 unspecified atom stereocenters. The molecule has 130 valence electrons. The van der Waals surface area contributed by atoms with E-state index < -0.39 is 0 Å². The second-order valence-electron chi connectivity index (χ2n) is 7.32. The number of carbonyl (C=O) groups excluding carboxylic acids is 1. The summed E-state index contributed by atoms with van der Waals surface area (Å²) in [5.41, 5.74) is 9.43. The third-order valence-corrected chi connectivity index (χ3v) is 6.27. The van der Waals surface area contributed by atoms with Crippen LogP contribution in [0.3, 0.4) is 0 Å². The fourth-order valence-corrected chi connectivity index (χ4v) is 4.66. The van der Waals surface area contributed by atoms with Gasteiger partial charge in [-0.25, -0.2) is 0 Å². The topological polar surface area (TPSA) is 46.3 Å². The fraction of sp³-hybridized carbons (Fsp3) is 0.381. The molecule has 3 nitrogen and oxygen atoms in total. The summed E-state index contributed by atoms with van der Waals surface area (Å²) in [6.45, 7) is 1.36. The minimum atomic E-state index is -0.0168. The number of amides is 1. The summed E-state index contributed by atoms with van der Waals surface area (Å²) in [4.78, 5) is 14.8. The highest BCUT2D eigenvalue weighted by molar-refractivity contribution is 6.30. The molecule has 1 fully saturated rings. The molecule has 1 heterocycles. The minimum absolute atomic E-state index is 0.0168. The van der Waals surface area contributed by atoms with Gasteiger partial charge in [0, 0.05) is 35.1 Å². The van der Waals surface area contributed by atoms with Crippen molar-refractivity contribution in [2.45, 2.75) is 43.7 Å². The Morgan fingerprint density at radius 2 is 1.88 bits per heavy atom. The van der Waals surface area contributed by atoms with Gasteiger partial charge in [0.15, 0.2) is 0 Å². The molecule has 1 aliphatic carbocycles. The van der Waals surface area contributed by atoms with Crippen LogP contribution in [0.4, 0.5) is 0 Å². The maximum Gasteiger partial charge on any atom is 0.254 e. The predicted molar refractivity (Wildman–Crippen MR) is 101 cm³/mol. The quantitative estimate of drug-likeness (QED) is 0.900. The average Bonchev–Trinajstić information content (AvgIpc) is 2.99. The molecule has 2 N–H and O–H groups in total. The summed E-state index contributed by atoms with van der Waals surface area (Å²) < 4.78 is 0. The van der Waals surface area contributed by atoms with Gasteiger partial charge in [0.2, 0.25) is 0 Å². The van der Waals surface area contributed by atoms with Crippen molar-refractivity contribution >= 4 is 17.5 Å². The molecule has 2 aromatic carbocycles. The zero-order valence-corrected chi connectivity index (χ0v) is 15.0. The van der Waals surface area contributed by atoms with Gasteiger partial charge in [0.1, 0.15) is 0 Å². The molecular weight excluding hydrogens is 332 g/mol. The number of hydrogen-bond donors (Lipinski definition) is 1. The molecule has 4 heteroatoms. The Morgan fingerprint density at radius 1 is 1.12 bits per heavy atom. The van der Waals surface area contributed by atoms with E-state index in [2.05, 4.69) is 17.0 Å². The Balaban J connectivity index is 1.51. The van der Waals surface area contributed by atoms with Gasteiger partial charge in [0.05, 0.1) is 0 Å². The van der Waals surface area contributed by atoms with Crippen molar-refractivity contribution in [2.24, 2.45) is 5.73 Å². The molecule has 1 aliphatic heterocycles. The van der Waals surface area contributed by atoms with E-state index in [1.807, 2.05) is 36.4 Å². The lowest BCUT2D eigenvalue weighted by atomic mass is 9.68. The summed E-state index contributed by atoms with van der Waals surface area (Å²) in [7, 11) is 0. The standard InChI is InChI=1S/C21H23ClN2O/c22-17-6-3-5-16(12-17)21(14-23)10-8-18(9-11-21)24-13-15-4-1-2-7-19(15)20(24)25/h1-7,12,18H,8-11,13-14,23H2/t18-,21+. The molecule has 0 saturated heterocycles. The van der Waals surface area contributed by atoms with Crippen molar-refractivity contribution in [1.82, 2.24) is 4.90 Å². The Labute approximate surface area is 153 Å². The number of nitrogens with zero attached hydrogens (tertiary/aromatic N) is 1. The van der Waals surface area contributed by atoms with E-state index in [-0.39, 0.29) is 11.3 Å². The van der Waals surface area contributed by atoms with Crippen molar-refractivity contribution in [3.8, 4) is 0 Å². The van der Waals surface area contributed by atoms with Gasteiger partial charge in [0.25, 0.3) is 5.91 Å². The Morgan fingerprint density at radius 3 is 2.56 bits per heavy atom. The van der Waals surface area contributed by atoms with Gasteiger partial charge in [-0.15, -0.1) is 0 Å². The van der Waals surface area contributed by atoms with Gasteiger partial charge in [-0.1, -0.05) is 41.9 Å². The highest BCUT2D eigenvalue weighted by Gasteiger charge is 2.40. The van der Waals surface area contributed by atoms with E-state index in [0.29, 0.717) is 12.6 Å². The molecule has 0 atom stereocenters. The van der Waals surface area contributed by atoms with Crippen molar-refractivity contribution in [3.63, 3.8) is 0 Å². The summed E-state index contributed by atoms with van der Waals surface area (Å²) in [5, 5.41) is 0.762. The van der Waals surface area contributed by atoms with Gasteiger partial charge < -0.3 is 10.6 Å². The van der Waals surface area contributed by atoms with E-state index >= 15 is 0 Å². The van der Waals surface area contributed by atoms with Crippen LogP contribution in [0.25, 0.3) is 0 Å². The zero-order chi connectivity index (χ0) is 17.4. The lowest BCUT2D eigenvalue weighted by Crippen LogP contribution is -2.45. The number of nitrogens with two attached hydrogens (primary N) is 1. The fourth-order valence-electron chi connectivity index (χ4n) is 4.47. The second kappa shape index (κ2) is 6.47. The van der Waals surface area contributed by atoms with Crippen LogP contribution in [0.1, 0.15) is 47.2 Å². The monoisotopic (exact) mass is 354 g/mol. The first kappa shape index (κ1) is 16.6. The van der Waals surface area contributed by atoms with Crippen molar-refractivity contribution in [3.05, 3.63) is 70.2 Å². The Bertz CT molecular complexity index is 796. The second-order valence-corrected chi connectivity index (χ2v) is 7.75. The number of carbonyl (C=O) groups is 1. The molecule has 0 bridgehead atoms. The first-order valence-electron chi connectivity index (χ1n) is 8.98. The van der Waals surface area contributed by atoms with E-state index in [1.165, 1.54) is 5.56 Å². The van der Waals surface area contributed by atoms with Crippen LogP contribution in [0.2, 0.25) is 5.02 Å². The number of fused-ring (bicyclic) bond motifs is 1. The lowest BCUT2D eigenvalue weighted by molar-refractivity contribution is 0.0620. The number of hydrogen-bond acceptors (Lipinski definition) is 2. The molecule has 2 aliphatic rings. The van der Waals surface area contributed by atoms with E-state index in [9.17, 15) is 4.79 Å². The molecule has 2 aromatic rings. The summed E-state index contributed by atoms with van der Waals surface area (Å²) in [6.07, 6.45) is 3.97. The van der Waals surface area contributed by atoms with Gasteiger partial charge in [-0.3, -0.25) is 4.79 Å². The average molecular weight is 355 g/mol. The lowest BCUT2D eigenvalue weighted by Gasteiger charge is -2.42. The highest BCUT2D eigenvalue weighted by Crippen LogP contribution is 2.42. The van der Waals surface area contributed by atoms with E-state index in [1.54, 1.807) is 0 Å². The molecule has 25 heavy (non-hydrogen) atoms.